The van der Waals surface area contributed by atoms with Crippen molar-refractivity contribution < 1.29 is 13.2 Å². The molecule has 2 aromatic carbocycles. The fourth-order valence-electron chi connectivity index (χ4n) is 2.87. The molecule has 2 aromatic rings. The molecule has 0 atom stereocenters. The topological polar surface area (TPSA) is 91.8 Å². The number of halogens is 1. The third kappa shape index (κ3) is 8.95. The molecule has 9 heteroatoms. The Morgan fingerprint density at radius 2 is 1.81 bits per heavy atom. The largest absolute Gasteiger partial charge is 0.493 e. The van der Waals surface area contributed by atoms with Crippen LogP contribution in [-0.4, -0.2) is 35.1 Å². The lowest BCUT2D eigenvalue weighted by molar-refractivity contribution is 0.286. The summed E-state index contributed by atoms with van der Waals surface area (Å²) in [5.74, 6) is 2.10. The van der Waals surface area contributed by atoms with Crippen LogP contribution in [0.25, 0.3) is 0 Å². The van der Waals surface area contributed by atoms with Gasteiger partial charge >= 0.3 is 0 Å². The number of nitrogens with zero attached hydrogens (tertiary/aromatic N) is 1. The predicted molar refractivity (Wildman–Crippen MR) is 141 cm³/mol. The second kappa shape index (κ2) is 13.6. The Hall–Kier alpha value is -1.85. The van der Waals surface area contributed by atoms with Crippen LogP contribution in [0.15, 0.2) is 52.4 Å². The minimum atomic E-state index is -3.47. The van der Waals surface area contributed by atoms with Crippen LogP contribution < -0.4 is 20.1 Å². The Morgan fingerprint density at radius 1 is 1.09 bits per heavy atom. The van der Waals surface area contributed by atoms with Gasteiger partial charge in [0.15, 0.2) is 5.96 Å². The van der Waals surface area contributed by atoms with E-state index in [4.69, 9.17) is 4.74 Å². The van der Waals surface area contributed by atoms with Gasteiger partial charge in [0.2, 0.25) is 10.0 Å². The number of sulfonamides is 1. The quantitative estimate of drug-likeness (QED) is 0.228. The Bertz CT molecular complexity index is 994. The summed E-state index contributed by atoms with van der Waals surface area (Å²) in [6, 6.07) is 13.0. The first-order valence-corrected chi connectivity index (χ1v) is 11.9. The maximum Gasteiger partial charge on any atom is 0.240 e. The van der Waals surface area contributed by atoms with E-state index in [1.54, 1.807) is 25.2 Å². The molecule has 7 nitrogen and oxygen atoms in total. The van der Waals surface area contributed by atoms with Crippen molar-refractivity contribution >= 4 is 40.0 Å². The van der Waals surface area contributed by atoms with Gasteiger partial charge in [0, 0.05) is 25.7 Å². The average molecular weight is 575 g/mol. The molecule has 32 heavy (non-hydrogen) atoms. The smallest absolute Gasteiger partial charge is 0.240 e. The normalized spacial score (nSPS) is 11.8. The van der Waals surface area contributed by atoms with Crippen molar-refractivity contribution in [1.29, 1.82) is 0 Å². The highest BCUT2D eigenvalue weighted by atomic mass is 127. The number of ether oxygens (including phenoxy) is 1. The molecule has 0 aliphatic rings. The monoisotopic (exact) mass is 574 g/mol. The molecular formula is C23H35IN4O3S. The molecule has 0 radical (unpaired) electrons. The Morgan fingerprint density at radius 3 is 2.47 bits per heavy atom. The first-order valence-electron chi connectivity index (χ1n) is 10.4. The van der Waals surface area contributed by atoms with E-state index in [-0.39, 0.29) is 28.9 Å². The van der Waals surface area contributed by atoms with Crippen LogP contribution in [0.1, 0.15) is 37.0 Å². The lowest BCUT2D eigenvalue weighted by Gasteiger charge is -2.16. The molecule has 178 valence electrons. The van der Waals surface area contributed by atoms with Crippen LogP contribution in [0, 0.1) is 12.8 Å². The van der Waals surface area contributed by atoms with Crippen molar-refractivity contribution in [2.75, 3.05) is 20.7 Å². The molecular weight excluding hydrogens is 539 g/mol. The molecule has 3 N–H and O–H groups in total. The van der Waals surface area contributed by atoms with E-state index in [0.717, 1.165) is 28.9 Å². The van der Waals surface area contributed by atoms with Crippen molar-refractivity contribution in [1.82, 2.24) is 15.4 Å². The Labute approximate surface area is 209 Å². The van der Waals surface area contributed by atoms with Gasteiger partial charge in [-0.1, -0.05) is 38.1 Å². The summed E-state index contributed by atoms with van der Waals surface area (Å²) in [6.07, 6.45) is 1.01. The highest BCUT2D eigenvalue weighted by Gasteiger charge is 2.12. The van der Waals surface area contributed by atoms with Crippen molar-refractivity contribution in [3.8, 4) is 5.75 Å². The van der Waals surface area contributed by atoms with Crippen molar-refractivity contribution in [3.05, 3.63) is 59.2 Å². The fourth-order valence-corrected chi connectivity index (χ4v) is 3.67. The first-order chi connectivity index (χ1) is 14.7. The molecule has 0 aliphatic carbocycles. The van der Waals surface area contributed by atoms with E-state index in [1.807, 2.05) is 6.07 Å². The van der Waals surface area contributed by atoms with Crippen LogP contribution in [-0.2, 0) is 23.1 Å². The molecule has 0 fully saturated rings. The minimum absolute atomic E-state index is 0. The minimum Gasteiger partial charge on any atom is -0.493 e. The maximum atomic E-state index is 12.0. The highest BCUT2D eigenvalue weighted by Crippen LogP contribution is 2.21. The lowest BCUT2D eigenvalue weighted by Crippen LogP contribution is -2.36. The summed E-state index contributed by atoms with van der Waals surface area (Å²) in [5.41, 5.74) is 3.05. The zero-order chi connectivity index (χ0) is 22.9. The van der Waals surface area contributed by atoms with Crippen LogP contribution in [0.3, 0.4) is 0 Å². The zero-order valence-corrected chi connectivity index (χ0v) is 22.6. The number of rotatable bonds is 10. The number of aryl methyl sites for hydroxylation is 1. The Balaban J connectivity index is 0.00000512. The van der Waals surface area contributed by atoms with E-state index in [0.29, 0.717) is 31.6 Å². The molecule has 0 heterocycles. The first kappa shape index (κ1) is 28.2. The number of benzene rings is 2. The summed E-state index contributed by atoms with van der Waals surface area (Å²) in [5, 5.41) is 6.52. The predicted octanol–water partition coefficient (Wildman–Crippen LogP) is 3.81. The molecule has 0 aliphatic heterocycles. The van der Waals surface area contributed by atoms with Crippen molar-refractivity contribution in [2.45, 2.75) is 45.2 Å². The summed E-state index contributed by atoms with van der Waals surface area (Å²) in [6.45, 7) is 8.11. The molecule has 0 unspecified atom stereocenters. The molecule has 0 bridgehead atoms. The third-order valence-corrected chi connectivity index (χ3v) is 6.19. The van der Waals surface area contributed by atoms with Gasteiger partial charge in [-0.05, 0) is 55.6 Å². The van der Waals surface area contributed by atoms with E-state index in [1.165, 1.54) is 7.05 Å². The van der Waals surface area contributed by atoms with Gasteiger partial charge in [-0.25, -0.2) is 13.1 Å². The van der Waals surface area contributed by atoms with Gasteiger partial charge < -0.3 is 15.4 Å². The van der Waals surface area contributed by atoms with Gasteiger partial charge in [-0.2, -0.15) is 0 Å². The molecule has 0 saturated carbocycles. The van der Waals surface area contributed by atoms with Gasteiger partial charge in [-0.3, -0.25) is 4.99 Å². The number of hydrogen-bond donors (Lipinski definition) is 3. The van der Waals surface area contributed by atoms with Gasteiger partial charge in [0.05, 0.1) is 11.5 Å². The number of guanidine groups is 1. The molecule has 0 aromatic heterocycles. The van der Waals surface area contributed by atoms with Crippen molar-refractivity contribution in [3.63, 3.8) is 0 Å². The number of hydrogen-bond acceptors (Lipinski definition) is 4. The average Bonchev–Trinajstić information content (AvgIpc) is 2.75. The van der Waals surface area contributed by atoms with Gasteiger partial charge in [0.25, 0.3) is 0 Å². The summed E-state index contributed by atoms with van der Waals surface area (Å²) in [4.78, 5) is 4.50. The summed E-state index contributed by atoms with van der Waals surface area (Å²) < 4.78 is 32.3. The second-order valence-corrected chi connectivity index (χ2v) is 9.66. The van der Waals surface area contributed by atoms with E-state index in [2.05, 4.69) is 59.3 Å². The van der Waals surface area contributed by atoms with E-state index >= 15 is 0 Å². The SMILES string of the molecule is CN=C(NCc1cccc(S(=O)(=O)NC)c1)NCc1ccc(C)cc1OCCC(C)C.I. The summed E-state index contributed by atoms with van der Waals surface area (Å²) in [7, 11) is -0.369. The van der Waals surface area contributed by atoms with Crippen LogP contribution in [0.2, 0.25) is 0 Å². The standard InChI is InChI=1S/C23H34N4O3S.HI/c1-17(2)11-12-30-22-13-18(3)9-10-20(22)16-27-23(24-4)26-15-19-7-6-8-21(14-19)31(28,29)25-5;/h6-10,13-14,17,25H,11-12,15-16H2,1-5H3,(H2,24,26,27);1H. The van der Waals surface area contributed by atoms with Gasteiger partial charge in [0.1, 0.15) is 5.75 Å². The zero-order valence-electron chi connectivity index (χ0n) is 19.4. The van der Waals surface area contributed by atoms with E-state index in [9.17, 15) is 8.42 Å². The molecule has 2 rings (SSSR count). The highest BCUT2D eigenvalue weighted by molar-refractivity contribution is 14.0. The lowest BCUT2D eigenvalue weighted by atomic mass is 10.1. The maximum absolute atomic E-state index is 12.0. The van der Waals surface area contributed by atoms with Crippen molar-refractivity contribution in [2.24, 2.45) is 10.9 Å². The van der Waals surface area contributed by atoms with E-state index < -0.39 is 10.0 Å². The second-order valence-electron chi connectivity index (χ2n) is 7.78. The molecule has 0 saturated heterocycles. The third-order valence-electron chi connectivity index (χ3n) is 4.78. The molecule has 0 spiro atoms. The van der Waals surface area contributed by atoms with Crippen LogP contribution in [0.5, 0.6) is 5.75 Å². The number of nitrogens with one attached hydrogen (secondary N) is 3. The van der Waals surface area contributed by atoms with Crippen LogP contribution >= 0.6 is 24.0 Å². The van der Waals surface area contributed by atoms with Gasteiger partial charge in [-0.15, -0.1) is 24.0 Å². The number of aliphatic imine (C=N–C) groups is 1. The fraction of sp³-hybridized carbons (Fsp3) is 0.435. The molecule has 0 amide bonds. The van der Waals surface area contributed by atoms with Crippen LogP contribution in [0.4, 0.5) is 0 Å². The summed E-state index contributed by atoms with van der Waals surface area (Å²) >= 11 is 0. The Kier molecular flexibility index (Phi) is 12.0.